The number of benzene rings is 1. The average molecular weight is 524 g/mol. The first kappa shape index (κ1) is 24.1. The molecule has 180 valence electrons. The Morgan fingerprint density at radius 1 is 1.15 bits per heavy atom. The van der Waals surface area contributed by atoms with Gasteiger partial charge in [0.05, 0.1) is 28.5 Å². The summed E-state index contributed by atoms with van der Waals surface area (Å²) in [6.07, 6.45) is 0.679. The van der Waals surface area contributed by atoms with Crippen molar-refractivity contribution in [1.82, 2.24) is 23.0 Å². The van der Waals surface area contributed by atoms with Gasteiger partial charge in [-0.2, -0.15) is 8.75 Å². The lowest BCUT2D eigenvalue weighted by molar-refractivity contribution is 0.452. The minimum Gasteiger partial charge on any atom is -0.504 e. The van der Waals surface area contributed by atoms with Crippen LogP contribution >= 0.6 is 23.3 Å². The smallest absolute Gasteiger partial charge is 0.247 e. The van der Waals surface area contributed by atoms with Gasteiger partial charge in [-0.25, -0.2) is 22.7 Å². The maximum Gasteiger partial charge on any atom is 0.247 e. The van der Waals surface area contributed by atoms with Crippen LogP contribution in [-0.4, -0.2) is 50.6 Å². The van der Waals surface area contributed by atoms with Crippen LogP contribution in [0.1, 0.15) is 30.9 Å². The topological polar surface area (TPSA) is 146 Å². The van der Waals surface area contributed by atoms with Gasteiger partial charge in [-0.1, -0.05) is 18.5 Å². The molecule has 11 nitrogen and oxygen atoms in total. The Balaban J connectivity index is 1.78. The standard InChI is InChI=1S/C20H22ClN7O4S2/c1-5-12(14-9-6-10(2)32-14)22-17-18(25-20-19(24-17)26-33-27-20)23-13-8-7-11(21)16(15(13)29)34(30,31)28(3)4/h6-9,12,29H,5H2,1-4H3,(H,22,24,26)(H,23,25,27)/t12-/m1/s1. The summed E-state index contributed by atoms with van der Waals surface area (Å²) in [4.78, 5) is 8.58. The quantitative estimate of drug-likeness (QED) is 0.285. The van der Waals surface area contributed by atoms with Crippen molar-refractivity contribution in [2.24, 2.45) is 0 Å². The lowest BCUT2D eigenvalue weighted by atomic mass is 10.1. The molecule has 0 unspecified atom stereocenters. The normalized spacial score (nSPS) is 12.9. The minimum atomic E-state index is -4.02. The van der Waals surface area contributed by atoms with Crippen molar-refractivity contribution in [3.05, 3.63) is 40.8 Å². The molecule has 1 atom stereocenters. The number of phenolic OH excluding ortho intramolecular Hbond substituents is 1. The highest BCUT2D eigenvalue weighted by molar-refractivity contribution is 7.89. The van der Waals surface area contributed by atoms with Gasteiger partial charge >= 0.3 is 0 Å². The van der Waals surface area contributed by atoms with E-state index in [9.17, 15) is 13.5 Å². The van der Waals surface area contributed by atoms with Crippen LogP contribution < -0.4 is 10.6 Å². The van der Waals surface area contributed by atoms with Crippen molar-refractivity contribution in [2.45, 2.75) is 31.2 Å². The van der Waals surface area contributed by atoms with E-state index in [1.165, 1.54) is 26.2 Å². The van der Waals surface area contributed by atoms with Crippen molar-refractivity contribution in [3.63, 3.8) is 0 Å². The van der Waals surface area contributed by atoms with Gasteiger partial charge in [-0.05, 0) is 37.6 Å². The van der Waals surface area contributed by atoms with E-state index in [4.69, 9.17) is 16.0 Å². The molecule has 4 aromatic rings. The Bertz CT molecular complexity index is 1450. The average Bonchev–Trinajstić information content (AvgIpc) is 3.42. The zero-order chi connectivity index (χ0) is 24.6. The highest BCUT2D eigenvalue weighted by Gasteiger charge is 2.28. The van der Waals surface area contributed by atoms with Crippen LogP contribution in [0.3, 0.4) is 0 Å². The van der Waals surface area contributed by atoms with Gasteiger partial charge in [0.1, 0.15) is 16.4 Å². The van der Waals surface area contributed by atoms with Crippen molar-refractivity contribution in [1.29, 1.82) is 0 Å². The van der Waals surface area contributed by atoms with Gasteiger partial charge in [-0.15, -0.1) is 0 Å². The van der Waals surface area contributed by atoms with Crippen molar-refractivity contribution in [3.8, 4) is 5.75 Å². The Morgan fingerprint density at radius 2 is 1.82 bits per heavy atom. The highest BCUT2D eigenvalue weighted by atomic mass is 35.5. The monoisotopic (exact) mass is 523 g/mol. The van der Waals surface area contributed by atoms with Gasteiger partial charge in [0.2, 0.25) is 21.3 Å². The second-order valence-corrected chi connectivity index (χ2v) is 10.6. The zero-order valence-electron chi connectivity index (χ0n) is 18.7. The van der Waals surface area contributed by atoms with Crippen LogP contribution in [0.2, 0.25) is 5.02 Å². The molecular formula is C20H22ClN7O4S2. The number of aromatic nitrogens is 4. The molecule has 14 heteroatoms. The molecule has 34 heavy (non-hydrogen) atoms. The molecule has 1 aromatic carbocycles. The lowest BCUT2D eigenvalue weighted by Crippen LogP contribution is -2.22. The first-order valence-electron chi connectivity index (χ1n) is 10.2. The third-order valence-electron chi connectivity index (χ3n) is 5.01. The predicted octanol–water partition coefficient (Wildman–Crippen LogP) is 4.30. The van der Waals surface area contributed by atoms with Crippen molar-refractivity contribution in [2.75, 3.05) is 24.7 Å². The van der Waals surface area contributed by atoms with E-state index in [0.29, 0.717) is 23.5 Å². The molecule has 0 bridgehead atoms. The first-order chi connectivity index (χ1) is 16.1. The van der Waals surface area contributed by atoms with Crippen LogP contribution in [0, 0.1) is 6.92 Å². The largest absolute Gasteiger partial charge is 0.504 e. The number of sulfonamides is 1. The number of nitrogens with one attached hydrogen (secondary N) is 2. The van der Waals surface area contributed by atoms with Gasteiger partial charge in [0, 0.05) is 14.1 Å². The highest BCUT2D eigenvalue weighted by Crippen LogP contribution is 2.40. The predicted molar refractivity (Wildman–Crippen MR) is 130 cm³/mol. The summed E-state index contributed by atoms with van der Waals surface area (Å²) in [7, 11) is -1.32. The van der Waals surface area contributed by atoms with E-state index in [0.717, 1.165) is 27.6 Å². The summed E-state index contributed by atoms with van der Waals surface area (Å²) in [5, 5.41) is 17.0. The number of halogens is 1. The summed E-state index contributed by atoms with van der Waals surface area (Å²) in [5.41, 5.74) is 0.723. The minimum absolute atomic E-state index is 0.0756. The van der Waals surface area contributed by atoms with Crippen LogP contribution in [-0.2, 0) is 10.0 Å². The molecule has 0 spiro atoms. The summed E-state index contributed by atoms with van der Waals surface area (Å²) >= 11 is 7.09. The molecule has 4 rings (SSSR count). The second kappa shape index (κ2) is 9.33. The summed E-state index contributed by atoms with van der Waals surface area (Å²) in [6, 6.07) is 6.36. The lowest BCUT2D eigenvalue weighted by Gasteiger charge is -2.19. The summed E-state index contributed by atoms with van der Waals surface area (Å²) < 4.78 is 40.4. The third-order valence-corrected chi connectivity index (χ3v) is 7.84. The third kappa shape index (κ3) is 4.51. The van der Waals surface area contributed by atoms with Crippen LogP contribution in [0.5, 0.6) is 5.75 Å². The molecule has 0 amide bonds. The molecule has 0 saturated heterocycles. The van der Waals surface area contributed by atoms with Crippen LogP contribution in [0.25, 0.3) is 11.3 Å². The van der Waals surface area contributed by atoms with E-state index in [1.54, 1.807) is 0 Å². The maximum absolute atomic E-state index is 12.7. The molecule has 0 aliphatic heterocycles. The first-order valence-corrected chi connectivity index (χ1v) is 12.7. The number of fused-ring (bicyclic) bond motifs is 1. The molecule has 0 radical (unpaired) electrons. The van der Waals surface area contributed by atoms with Crippen molar-refractivity contribution < 1.29 is 17.9 Å². The summed E-state index contributed by atoms with van der Waals surface area (Å²) in [5.74, 6) is 1.50. The molecular weight excluding hydrogens is 502 g/mol. The number of anilines is 3. The van der Waals surface area contributed by atoms with Crippen molar-refractivity contribution >= 4 is 62.0 Å². The number of hydrogen-bond donors (Lipinski definition) is 3. The van der Waals surface area contributed by atoms with E-state index < -0.39 is 20.7 Å². The number of furan rings is 1. The Morgan fingerprint density at radius 3 is 2.41 bits per heavy atom. The fourth-order valence-electron chi connectivity index (χ4n) is 3.21. The molecule has 0 aliphatic carbocycles. The molecule has 0 saturated carbocycles. The molecule has 3 heterocycles. The van der Waals surface area contributed by atoms with Gasteiger partial charge in [-0.3, -0.25) is 0 Å². The van der Waals surface area contributed by atoms with E-state index >= 15 is 0 Å². The number of aromatic hydroxyl groups is 1. The van der Waals surface area contributed by atoms with E-state index in [2.05, 4.69) is 29.3 Å². The van der Waals surface area contributed by atoms with Gasteiger partial charge in [0.25, 0.3) is 0 Å². The fraction of sp³-hybridized carbons (Fsp3) is 0.300. The number of rotatable bonds is 8. The zero-order valence-corrected chi connectivity index (χ0v) is 21.1. The number of phenols is 1. The molecule has 3 N–H and O–H groups in total. The van der Waals surface area contributed by atoms with Crippen LogP contribution in [0.15, 0.2) is 33.6 Å². The Kier molecular flexibility index (Phi) is 6.62. The van der Waals surface area contributed by atoms with E-state index in [-0.39, 0.29) is 22.6 Å². The molecule has 3 aromatic heterocycles. The Labute approximate surface area is 205 Å². The second-order valence-electron chi connectivity index (χ2n) is 7.57. The fourth-order valence-corrected chi connectivity index (χ4v) is 5.13. The number of hydrogen-bond acceptors (Lipinski definition) is 11. The maximum atomic E-state index is 12.7. The number of aryl methyl sites for hydroxylation is 1. The number of nitrogens with zero attached hydrogens (tertiary/aromatic N) is 5. The van der Waals surface area contributed by atoms with Gasteiger partial charge in [0.15, 0.2) is 17.4 Å². The molecule has 0 aliphatic rings. The Hall–Kier alpha value is -3.00. The van der Waals surface area contributed by atoms with Crippen LogP contribution in [0.4, 0.5) is 17.3 Å². The van der Waals surface area contributed by atoms with Gasteiger partial charge < -0.3 is 20.2 Å². The SMILES string of the molecule is CC[C@@H](Nc1nc2nsnc2nc1Nc1ccc(Cl)c(S(=O)(=O)N(C)C)c1O)c1ccc(C)o1. The summed E-state index contributed by atoms with van der Waals surface area (Å²) in [6.45, 7) is 3.85. The molecule has 0 fully saturated rings. The van der Waals surface area contributed by atoms with E-state index in [1.807, 2.05) is 26.0 Å².